The number of hydrogen-bond donors (Lipinski definition) is 0. The van der Waals surface area contributed by atoms with E-state index in [2.05, 4.69) is 226 Å². The Morgan fingerprint density at radius 1 is 0.193 bits per heavy atom. The summed E-state index contributed by atoms with van der Waals surface area (Å²) in [6.45, 7) is 0. The van der Waals surface area contributed by atoms with E-state index in [9.17, 15) is 0 Å². The lowest BCUT2D eigenvalue weighted by atomic mass is 10.0. The summed E-state index contributed by atoms with van der Waals surface area (Å²) in [5, 5.41) is 7.57. The lowest BCUT2D eigenvalue weighted by Gasteiger charge is -2.11. The van der Waals surface area contributed by atoms with Crippen LogP contribution in [0.5, 0.6) is 0 Å². The van der Waals surface area contributed by atoms with E-state index in [0.717, 1.165) is 11.4 Å². The summed E-state index contributed by atoms with van der Waals surface area (Å²) in [6, 6.07) is 77.4. The van der Waals surface area contributed by atoms with Gasteiger partial charge < -0.3 is 13.7 Å². The van der Waals surface area contributed by atoms with E-state index in [1.807, 2.05) is 0 Å². The van der Waals surface area contributed by atoms with Gasteiger partial charge in [-0.1, -0.05) is 127 Å². The second-order valence-corrected chi connectivity index (χ2v) is 15.0. The number of nitrogens with zero attached hydrogens (tertiary/aromatic N) is 3. The molecule has 0 amide bonds. The SMILES string of the molecule is c1ccc(-n2c3ccccc3c3cc(-c4ccc(-n5c6ccccc6c6cc(-c7ccc(-n8c9ccccc9c9ccccc98)cc7)ccc65)cc4)ccc32)cc1. The molecule has 12 aromatic rings. The van der Waals surface area contributed by atoms with Gasteiger partial charge in [0.25, 0.3) is 0 Å². The van der Waals surface area contributed by atoms with E-state index < -0.39 is 0 Å². The first kappa shape index (κ1) is 31.7. The van der Waals surface area contributed by atoms with Gasteiger partial charge in [-0.25, -0.2) is 0 Å². The monoisotopic (exact) mass is 725 g/mol. The molecule has 0 bridgehead atoms. The zero-order valence-corrected chi connectivity index (χ0v) is 31.0. The van der Waals surface area contributed by atoms with Crippen molar-refractivity contribution < 1.29 is 0 Å². The van der Waals surface area contributed by atoms with Crippen molar-refractivity contribution in [1.82, 2.24) is 13.7 Å². The Balaban J connectivity index is 0.915. The number of hydrogen-bond acceptors (Lipinski definition) is 0. The molecule has 0 aliphatic carbocycles. The van der Waals surface area contributed by atoms with Crippen molar-refractivity contribution in [2.75, 3.05) is 0 Å². The second-order valence-electron chi connectivity index (χ2n) is 15.0. The molecule has 3 aromatic heterocycles. The highest BCUT2D eigenvalue weighted by atomic mass is 15.0. The van der Waals surface area contributed by atoms with Crippen molar-refractivity contribution in [3.8, 4) is 39.3 Å². The van der Waals surface area contributed by atoms with Crippen molar-refractivity contribution in [3.63, 3.8) is 0 Å². The summed E-state index contributed by atoms with van der Waals surface area (Å²) in [5.74, 6) is 0. The van der Waals surface area contributed by atoms with Crippen molar-refractivity contribution in [2.45, 2.75) is 0 Å². The molecule has 12 rings (SSSR count). The molecule has 0 spiro atoms. The first-order valence-corrected chi connectivity index (χ1v) is 19.6. The Labute approximate surface area is 329 Å². The molecule has 0 aliphatic heterocycles. The predicted octanol–water partition coefficient (Wildman–Crippen LogP) is 14.3. The van der Waals surface area contributed by atoms with Gasteiger partial charge in [0.1, 0.15) is 0 Å². The Morgan fingerprint density at radius 3 is 0.860 bits per heavy atom. The molecule has 3 nitrogen and oxygen atoms in total. The van der Waals surface area contributed by atoms with Gasteiger partial charge in [-0.2, -0.15) is 0 Å². The second kappa shape index (κ2) is 12.5. The van der Waals surface area contributed by atoms with E-state index in [-0.39, 0.29) is 0 Å². The van der Waals surface area contributed by atoms with Crippen LogP contribution in [0.2, 0.25) is 0 Å². The molecule has 3 heteroatoms. The van der Waals surface area contributed by atoms with Gasteiger partial charge in [0.05, 0.1) is 33.1 Å². The highest BCUT2D eigenvalue weighted by Crippen LogP contribution is 2.38. The van der Waals surface area contributed by atoms with Crippen LogP contribution in [-0.2, 0) is 0 Å². The van der Waals surface area contributed by atoms with Crippen molar-refractivity contribution in [2.24, 2.45) is 0 Å². The van der Waals surface area contributed by atoms with Crippen LogP contribution in [0, 0.1) is 0 Å². The summed E-state index contributed by atoms with van der Waals surface area (Å²) < 4.78 is 7.15. The molecular formula is C54H35N3. The number of aromatic nitrogens is 3. The first-order valence-electron chi connectivity index (χ1n) is 19.6. The normalized spacial score (nSPS) is 11.9. The van der Waals surface area contributed by atoms with Crippen LogP contribution in [0.3, 0.4) is 0 Å². The van der Waals surface area contributed by atoms with Gasteiger partial charge in [0, 0.05) is 49.4 Å². The third-order valence-corrected chi connectivity index (χ3v) is 11.9. The van der Waals surface area contributed by atoms with Gasteiger partial charge in [-0.3, -0.25) is 0 Å². The topological polar surface area (TPSA) is 14.8 Å². The molecule has 0 aliphatic rings. The number of benzene rings is 9. The quantitative estimate of drug-likeness (QED) is 0.168. The van der Waals surface area contributed by atoms with Crippen LogP contribution in [-0.4, -0.2) is 13.7 Å². The van der Waals surface area contributed by atoms with Crippen molar-refractivity contribution >= 4 is 65.4 Å². The van der Waals surface area contributed by atoms with Gasteiger partial charge >= 0.3 is 0 Å². The van der Waals surface area contributed by atoms with Crippen LogP contribution < -0.4 is 0 Å². The zero-order valence-electron chi connectivity index (χ0n) is 31.0. The molecule has 0 unspecified atom stereocenters. The molecule has 57 heavy (non-hydrogen) atoms. The molecule has 266 valence electrons. The lowest BCUT2D eigenvalue weighted by molar-refractivity contribution is 1.18. The fourth-order valence-electron chi connectivity index (χ4n) is 9.24. The Kier molecular flexibility index (Phi) is 6.93. The molecule has 0 fully saturated rings. The largest absolute Gasteiger partial charge is 0.309 e. The van der Waals surface area contributed by atoms with Crippen molar-refractivity contribution in [3.05, 3.63) is 212 Å². The minimum atomic E-state index is 1.15. The summed E-state index contributed by atoms with van der Waals surface area (Å²) in [5.41, 5.74) is 15.6. The molecule has 9 aromatic carbocycles. The molecule has 0 saturated carbocycles. The Bertz CT molecular complexity index is 3440. The van der Waals surface area contributed by atoms with Gasteiger partial charge in [-0.05, 0) is 107 Å². The first-order chi connectivity index (χ1) is 28.3. The molecule has 0 atom stereocenters. The number of fused-ring (bicyclic) bond motifs is 9. The highest BCUT2D eigenvalue weighted by Gasteiger charge is 2.16. The Morgan fingerprint density at radius 2 is 0.474 bits per heavy atom. The van der Waals surface area contributed by atoms with E-state index in [1.165, 1.54) is 93.4 Å². The minimum Gasteiger partial charge on any atom is -0.309 e. The smallest absolute Gasteiger partial charge is 0.0541 e. The average molecular weight is 726 g/mol. The molecule has 0 radical (unpaired) electrons. The van der Waals surface area contributed by atoms with Crippen molar-refractivity contribution in [1.29, 1.82) is 0 Å². The maximum absolute atomic E-state index is 2.40. The van der Waals surface area contributed by atoms with E-state index in [4.69, 9.17) is 0 Å². The van der Waals surface area contributed by atoms with Gasteiger partial charge in [-0.15, -0.1) is 0 Å². The predicted molar refractivity (Wildman–Crippen MR) is 240 cm³/mol. The standard InChI is InChI=1S/C54H35N3/c1-2-12-40(13-3-1)55-51-20-10-6-16-45(51)47-34-38(26-32-53(47)55)37-24-30-42(31-25-37)57-52-21-11-7-17-46(52)48-35-39(27-33-54(48)57)36-22-28-41(29-23-36)56-49-18-8-4-14-43(49)44-15-5-9-19-50(44)56/h1-35H. The molecule has 3 heterocycles. The third kappa shape index (κ3) is 4.86. The maximum Gasteiger partial charge on any atom is 0.0541 e. The van der Waals surface area contributed by atoms with Crippen LogP contribution in [0.1, 0.15) is 0 Å². The van der Waals surface area contributed by atoms with Crippen LogP contribution in [0.25, 0.3) is 105 Å². The van der Waals surface area contributed by atoms with E-state index in [1.54, 1.807) is 0 Å². The lowest BCUT2D eigenvalue weighted by Crippen LogP contribution is -1.94. The fraction of sp³-hybridized carbons (Fsp3) is 0. The maximum atomic E-state index is 2.40. The van der Waals surface area contributed by atoms with Crippen LogP contribution in [0.15, 0.2) is 212 Å². The van der Waals surface area contributed by atoms with E-state index >= 15 is 0 Å². The summed E-state index contributed by atoms with van der Waals surface area (Å²) in [4.78, 5) is 0. The Hall–Kier alpha value is -7.62. The minimum absolute atomic E-state index is 1.15. The molecule has 0 saturated heterocycles. The third-order valence-electron chi connectivity index (χ3n) is 11.9. The summed E-state index contributed by atoms with van der Waals surface area (Å²) >= 11 is 0. The summed E-state index contributed by atoms with van der Waals surface area (Å²) in [6.07, 6.45) is 0. The molecular weight excluding hydrogens is 691 g/mol. The zero-order chi connectivity index (χ0) is 37.5. The molecule has 0 N–H and O–H groups in total. The average Bonchev–Trinajstić information content (AvgIpc) is 3.92. The van der Waals surface area contributed by atoms with Gasteiger partial charge in [0.2, 0.25) is 0 Å². The number of rotatable bonds is 5. The van der Waals surface area contributed by atoms with Crippen LogP contribution >= 0.6 is 0 Å². The summed E-state index contributed by atoms with van der Waals surface area (Å²) in [7, 11) is 0. The van der Waals surface area contributed by atoms with E-state index in [0.29, 0.717) is 0 Å². The number of para-hydroxylation sites is 5. The fourth-order valence-corrected chi connectivity index (χ4v) is 9.24. The van der Waals surface area contributed by atoms with Gasteiger partial charge in [0.15, 0.2) is 0 Å². The van der Waals surface area contributed by atoms with Crippen LogP contribution in [0.4, 0.5) is 0 Å². The highest BCUT2D eigenvalue weighted by molar-refractivity contribution is 6.12.